The molecule has 0 aliphatic carbocycles. The van der Waals surface area contributed by atoms with Crippen LogP contribution in [0.2, 0.25) is 0 Å². The number of nitriles is 1. The molecule has 6 nitrogen and oxygen atoms in total. The summed E-state index contributed by atoms with van der Waals surface area (Å²) in [6, 6.07) is 14.1. The number of ether oxygens (including phenoxy) is 2. The van der Waals surface area contributed by atoms with Gasteiger partial charge in [0.2, 0.25) is 0 Å². The lowest BCUT2D eigenvalue weighted by Crippen LogP contribution is -2.30. The Morgan fingerprint density at radius 3 is 2.42 bits per heavy atom. The van der Waals surface area contributed by atoms with Gasteiger partial charge in [-0.15, -0.1) is 0 Å². The quantitative estimate of drug-likeness (QED) is 0.851. The highest BCUT2D eigenvalue weighted by Crippen LogP contribution is 2.31. The Morgan fingerprint density at radius 1 is 1.12 bits per heavy atom. The van der Waals surface area contributed by atoms with E-state index in [2.05, 4.69) is 16.1 Å². The van der Waals surface area contributed by atoms with E-state index in [0.717, 1.165) is 11.1 Å². The summed E-state index contributed by atoms with van der Waals surface area (Å²) in [5.41, 5.74) is 2.60. The van der Waals surface area contributed by atoms with Gasteiger partial charge in [-0.1, -0.05) is 12.1 Å². The highest BCUT2D eigenvalue weighted by Gasteiger charge is 2.12. The molecule has 0 saturated heterocycles. The molecule has 0 spiro atoms. The van der Waals surface area contributed by atoms with Crippen LogP contribution in [0.5, 0.6) is 5.75 Å². The maximum Gasteiger partial charge on any atom is 0.325 e. The first-order valence-corrected chi connectivity index (χ1v) is 7.12. The molecule has 0 saturated carbocycles. The largest absolute Gasteiger partial charge is 0.496 e. The van der Waals surface area contributed by atoms with E-state index in [0.29, 0.717) is 16.9 Å². The molecule has 0 fully saturated rings. The minimum atomic E-state index is -0.524. The fraction of sp³-hybridized carbons (Fsp3) is 0.167. The van der Waals surface area contributed by atoms with Crippen molar-refractivity contribution in [2.75, 3.05) is 20.8 Å². The fourth-order valence-corrected chi connectivity index (χ4v) is 2.12. The van der Waals surface area contributed by atoms with Crippen molar-refractivity contribution in [2.24, 2.45) is 0 Å². The molecule has 0 aliphatic rings. The van der Waals surface area contributed by atoms with Gasteiger partial charge in [0.25, 0.3) is 5.91 Å². The lowest BCUT2D eigenvalue weighted by atomic mass is 10.0. The van der Waals surface area contributed by atoms with Crippen molar-refractivity contribution < 1.29 is 19.1 Å². The maximum absolute atomic E-state index is 12.1. The van der Waals surface area contributed by atoms with E-state index < -0.39 is 11.9 Å². The normalized spacial score (nSPS) is 9.71. The number of amides is 1. The highest BCUT2D eigenvalue weighted by atomic mass is 16.5. The molecule has 0 bridgehead atoms. The molecular formula is C18H16N2O4. The monoisotopic (exact) mass is 324 g/mol. The van der Waals surface area contributed by atoms with Crippen molar-refractivity contribution >= 4 is 11.9 Å². The molecule has 2 aromatic carbocycles. The molecule has 0 aromatic heterocycles. The van der Waals surface area contributed by atoms with Crippen LogP contribution < -0.4 is 10.1 Å². The number of benzene rings is 2. The van der Waals surface area contributed by atoms with Gasteiger partial charge in [0.1, 0.15) is 12.3 Å². The Balaban J connectivity index is 2.25. The fourth-order valence-electron chi connectivity index (χ4n) is 2.12. The molecule has 0 unspecified atom stereocenters. The molecule has 0 aliphatic heterocycles. The first-order chi connectivity index (χ1) is 11.6. The molecule has 1 amide bonds. The average molecular weight is 324 g/mol. The zero-order valence-corrected chi connectivity index (χ0v) is 13.3. The lowest BCUT2D eigenvalue weighted by molar-refractivity contribution is -0.139. The van der Waals surface area contributed by atoms with E-state index in [1.165, 1.54) is 14.2 Å². The zero-order valence-electron chi connectivity index (χ0n) is 13.3. The molecule has 2 rings (SSSR count). The molecule has 0 radical (unpaired) electrons. The van der Waals surface area contributed by atoms with E-state index >= 15 is 0 Å². The molecule has 0 atom stereocenters. The van der Waals surface area contributed by atoms with Crippen LogP contribution in [0.25, 0.3) is 11.1 Å². The van der Waals surface area contributed by atoms with Gasteiger partial charge >= 0.3 is 5.97 Å². The molecule has 0 heterocycles. The van der Waals surface area contributed by atoms with Gasteiger partial charge in [0, 0.05) is 11.1 Å². The van der Waals surface area contributed by atoms with E-state index in [9.17, 15) is 9.59 Å². The Bertz CT molecular complexity index is 792. The third-order valence-electron chi connectivity index (χ3n) is 3.41. The minimum Gasteiger partial charge on any atom is -0.496 e. The Morgan fingerprint density at radius 2 is 1.83 bits per heavy atom. The zero-order chi connectivity index (χ0) is 17.5. The van der Waals surface area contributed by atoms with Gasteiger partial charge in [0.05, 0.1) is 25.9 Å². The van der Waals surface area contributed by atoms with Crippen LogP contribution in [0.1, 0.15) is 15.9 Å². The minimum absolute atomic E-state index is 0.199. The van der Waals surface area contributed by atoms with E-state index in [4.69, 9.17) is 10.00 Å². The summed E-state index contributed by atoms with van der Waals surface area (Å²) in [5.74, 6) is -0.403. The Labute approximate surface area is 139 Å². The second-order valence-electron chi connectivity index (χ2n) is 4.86. The van der Waals surface area contributed by atoms with E-state index in [1.54, 1.807) is 30.3 Å². The molecular weight excluding hydrogens is 308 g/mol. The number of rotatable bonds is 5. The van der Waals surface area contributed by atoms with Crippen LogP contribution in [0, 0.1) is 11.3 Å². The Hall–Kier alpha value is -3.33. The smallest absolute Gasteiger partial charge is 0.325 e. The molecule has 1 N–H and O–H groups in total. The van der Waals surface area contributed by atoms with Gasteiger partial charge in [-0.25, -0.2) is 0 Å². The maximum atomic E-state index is 12.1. The van der Waals surface area contributed by atoms with Crippen molar-refractivity contribution in [1.82, 2.24) is 5.32 Å². The second-order valence-corrected chi connectivity index (χ2v) is 4.86. The molecule has 2 aromatic rings. The number of methoxy groups -OCH3 is 2. The average Bonchev–Trinajstić information content (AvgIpc) is 2.65. The molecule has 122 valence electrons. The first kappa shape index (κ1) is 17.0. The SMILES string of the molecule is COC(=O)CNC(=O)c1ccc(-c2ccc(C#N)cc2)c(OC)c1. The van der Waals surface area contributed by atoms with E-state index in [-0.39, 0.29) is 6.54 Å². The standard InChI is InChI=1S/C18H16N2O4/c1-23-16-9-14(18(22)20-11-17(21)24-2)7-8-15(16)13-5-3-12(10-19)4-6-13/h3-9H,11H2,1-2H3,(H,20,22). The van der Waals surface area contributed by atoms with Gasteiger partial charge in [-0.3, -0.25) is 9.59 Å². The summed E-state index contributed by atoms with van der Waals surface area (Å²) in [6.45, 7) is -0.199. The third-order valence-corrected chi connectivity index (χ3v) is 3.41. The molecule has 6 heteroatoms. The number of nitrogens with one attached hydrogen (secondary N) is 1. The van der Waals surface area contributed by atoms with Crippen LogP contribution in [0.4, 0.5) is 0 Å². The van der Waals surface area contributed by atoms with Gasteiger partial charge in [-0.2, -0.15) is 5.26 Å². The number of esters is 1. The highest BCUT2D eigenvalue weighted by molar-refractivity contribution is 5.97. The number of nitrogens with zero attached hydrogens (tertiary/aromatic N) is 1. The summed E-state index contributed by atoms with van der Waals surface area (Å²) in [6.07, 6.45) is 0. The van der Waals surface area contributed by atoms with Crippen molar-refractivity contribution in [3.8, 4) is 22.9 Å². The first-order valence-electron chi connectivity index (χ1n) is 7.12. The summed E-state index contributed by atoms with van der Waals surface area (Å²) in [5, 5.41) is 11.3. The number of carbonyl (C=O) groups excluding carboxylic acids is 2. The summed E-state index contributed by atoms with van der Waals surface area (Å²) in [4.78, 5) is 23.1. The second kappa shape index (κ2) is 7.79. The summed E-state index contributed by atoms with van der Waals surface area (Å²) >= 11 is 0. The predicted octanol–water partition coefficient (Wildman–Crippen LogP) is 2.14. The van der Waals surface area contributed by atoms with Crippen LogP contribution >= 0.6 is 0 Å². The van der Waals surface area contributed by atoms with Crippen molar-refractivity contribution in [3.63, 3.8) is 0 Å². The van der Waals surface area contributed by atoms with Gasteiger partial charge in [-0.05, 0) is 35.9 Å². The van der Waals surface area contributed by atoms with Crippen LogP contribution in [-0.2, 0) is 9.53 Å². The van der Waals surface area contributed by atoms with Crippen LogP contribution in [-0.4, -0.2) is 32.6 Å². The van der Waals surface area contributed by atoms with Gasteiger partial charge in [0.15, 0.2) is 0 Å². The number of hydrogen-bond donors (Lipinski definition) is 1. The van der Waals surface area contributed by atoms with Gasteiger partial charge < -0.3 is 14.8 Å². The van der Waals surface area contributed by atoms with E-state index in [1.807, 2.05) is 12.1 Å². The molecule has 24 heavy (non-hydrogen) atoms. The lowest BCUT2D eigenvalue weighted by Gasteiger charge is -2.11. The predicted molar refractivity (Wildman–Crippen MR) is 87.5 cm³/mol. The van der Waals surface area contributed by atoms with Crippen LogP contribution in [0.15, 0.2) is 42.5 Å². The van der Waals surface area contributed by atoms with Crippen LogP contribution in [0.3, 0.4) is 0 Å². The van der Waals surface area contributed by atoms with Crippen molar-refractivity contribution in [3.05, 3.63) is 53.6 Å². The Kier molecular flexibility index (Phi) is 5.53. The van der Waals surface area contributed by atoms with Crippen molar-refractivity contribution in [1.29, 1.82) is 5.26 Å². The number of carbonyl (C=O) groups is 2. The number of hydrogen-bond acceptors (Lipinski definition) is 5. The summed E-state index contributed by atoms with van der Waals surface area (Å²) < 4.78 is 9.83. The summed E-state index contributed by atoms with van der Waals surface area (Å²) in [7, 11) is 2.77. The third kappa shape index (κ3) is 3.90. The van der Waals surface area contributed by atoms with Crippen molar-refractivity contribution in [2.45, 2.75) is 0 Å². The topological polar surface area (TPSA) is 88.4 Å².